The molecule has 2 rings (SSSR count). The zero-order valence-corrected chi connectivity index (χ0v) is 11.8. The summed E-state index contributed by atoms with van der Waals surface area (Å²) in [5.41, 5.74) is 2.28. The van der Waals surface area contributed by atoms with E-state index in [0.717, 1.165) is 24.0 Å². The van der Waals surface area contributed by atoms with Crippen LogP contribution in [0.3, 0.4) is 0 Å². The van der Waals surface area contributed by atoms with Crippen LogP contribution in [0.15, 0.2) is 23.4 Å². The monoisotopic (exact) mass is 276 g/mol. The molecule has 1 saturated carbocycles. The van der Waals surface area contributed by atoms with E-state index in [1.807, 2.05) is 25.1 Å². The summed E-state index contributed by atoms with van der Waals surface area (Å²) in [5.74, 6) is 0.661. The molecule has 1 aromatic carbocycles. The molecule has 1 aromatic rings. The Morgan fingerprint density at radius 2 is 2.25 bits per heavy atom. The normalized spacial score (nSPS) is 15.0. The van der Waals surface area contributed by atoms with E-state index in [1.165, 1.54) is 0 Å². The van der Waals surface area contributed by atoms with Gasteiger partial charge in [-0.3, -0.25) is 4.79 Å². The minimum absolute atomic E-state index is 0.0225. The highest BCUT2D eigenvalue weighted by atomic mass is 16.5. The van der Waals surface area contributed by atoms with Gasteiger partial charge < -0.3 is 15.3 Å². The van der Waals surface area contributed by atoms with Crippen molar-refractivity contribution in [2.45, 2.75) is 39.2 Å². The first kappa shape index (κ1) is 14.4. The van der Waals surface area contributed by atoms with Crippen molar-refractivity contribution in [2.24, 2.45) is 5.16 Å². The van der Waals surface area contributed by atoms with E-state index in [-0.39, 0.29) is 5.91 Å². The van der Waals surface area contributed by atoms with E-state index in [2.05, 4.69) is 10.5 Å². The van der Waals surface area contributed by atoms with Gasteiger partial charge in [-0.1, -0.05) is 11.2 Å². The summed E-state index contributed by atoms with van der Waals surface area (Å²) in [6, 6.07) is 6.03. The average molecular weight is 276 g/mol. The molecular formula is C15H20N2O3. The Kier molecular flexibility index (Phi) is 4.61. The number of carbonyl (C=O) groups is 1. The molecule has 1 fully saturated rings. The maximum atomic E-state index is 11.6. The summed E-state index contributed by atoms with van der Waals surface area (Å²) in [5, 5.41) is 15.0. The van der Waals surface area contributed by atoms with Crippen LogP contribution in [0.25, 0.3) is 0 Å². The van der Waals surface area contributed by atoms with Crippen LogP contribution in [-0.4, -0.2) is 29.5 Å². The number of rotatable bonds is 6. The van der Waals surface area contributed by atoms with Crippen LogP contribution in [0, 0.1) is 6.92 Å². The molecule has 2 N–H and O–H groups in total. The predicted molar refractivity (Wildman–Crippen MR) is 76.5 cm³/mol. The van der Waals surface area contributed by atoms with E-state index < -0.39 is 0 Å². The lowest BCUT2D eigenvalue weighted by Gasteiger charge is -2.11. The van der Waals surface area contributed by atoms with Crippen molar-refractivity contribution in [1.82, 2.24) is 5.32 Å². The minimum Gasteiger partial charge on any atom is -0.492 e. The van der Waals surface area contributed by atoms with Gasteiger partial charge in [0.1, 0.15) is 5.75 Å². The Hall–Kier alpha value is -2.04. The van der Waals surface area contributed by atoms with Gasteiger partial charge in [-0.15, -0.1) is 0 Å². The van der Waals surface area contributed by atoms with Crippen molar-refractivity contribution in [3.8, 4) is 5.75 Å². The summed E-state index contributed by atoms with van der Waals surface area (Å²) in [6.45, 7) is 3.98. The van der Waals surface area contributed by atoms with E-state index in [4.69, 9.17) is 9.94 Å². The summed E-state index contributed by atoms with van der Waals surface area (Å²) >= 11 is 0. The number of aryl methyl sites for hydroxylation is 1. The second-order valence-corrected chi connectivity index (χ2v) is 5.13. The van der Waals surface area contributed by atoms with Gasteiger partial charge >= 0.3 is 0 Å². The molecule has 0 aliphatic heterocycles. The van der Waals surface area contributed by atoms with E-state index >= 15 is 0 Å². The number of amides is 1. The molecule has 0 spiro atoms. The lowest BCUT2D eigenvalue weighted by atomic mass is 10.1. The summed E-state index contributed by atoms with van der Waals surface area (Å²) in [7, 11) is 0. The van der Waals surface area contributed by atoms with Gasteiger partial charge in [-0.25, -0.2) is 0 Å². The number of carbonyl (C=O) groups excluding carboxylic acids is 1. The van der Waals surface area contributed by atoms with Crippen LogP contribution in [0.1, 0.15) is 37.3 Å². The number of oxime groups is 1. The molecule has 1 amide bonds. The fraction of sp³-hybridized carbons (Fsp3) is 0.467. The number of nitrogens with zero attached hydrogens (tertiary/aromatic N) is 1. The molecule has 0 atom stereocenters. The molecule has 5 nitrogen and oxygen atoms in total. The molecule has 0 saturated heterocycles. The van der Waals surface area contributed by atoms with Gasteiger partial charge in [0.25, 0.3) is 0 Å². The van der Waals surface area contributed by atoms with Gasteiger partial charge in [0.2, 0.25) is 5.91 Å². The first-order valence-corrected chi connectivity index (χ1v) is 6.82. The van der Waals surface area contributed by atoms with Crippen molar-refractivity contribution >= 4 is 11.6 Å². The molecule has 1 aliphatic carbocycles. The summed E-state index contributed by atoms with van der Waals surface area (Å²) in [4.78, 5) is 11.6. The molecule has 108 valence electrons. The molecule has 5 heteroatoms. The molecule has 0 unspecified atom stereocenters. The number of nitrogens with one attached hydrogen (secondary N) is 1. The molecular weight excluding hydrogens is 256 g/mol. The average Bonchev–Trinajstić information content (AvgIpc) is 3.22. The standard InChI is InChI=1S/C15H20N2O3/c1-10-3-6-13(11(2)17-19)14(9-10)20-8-7-15(18)16-12-4-5-12/h3,6,9,12,19H,4-5,7-8H2,1-2H3,(H,16,18)/b17-11-. The third kappa shape index (κ3) is 3.98. The van der Waals surface area contributed by atoms with Gasteiger partial charge in [-0.2, -0.15) is 0 Å². The first-order chi connectivity index (χ1) is 9.60. The Bertz CT molecular complexity index is 522. The highest BCUT2D eigenvalue weighted by Gasteiger charge is 2.22. The number of ether oxygens (including phenoxy) is 1. The fourth-order valence-corrected chi connectivity index (χ4v) is 1.88. The van der Waals surface area contributed by atoms with Gasteiger partial charge in [0, 0.05) is 11.6 Å². The van der Waals surface area contributed by atoms with Gasteiger partial charge in [0.05, 0.1) is 18.7 Å². The van der Waals surface area contributed by atoms with E-state index in [9.17, 15) is 4.79 Å². The second-order valence-electron chi connectivity index (χ2n) is 5.13. The molecule has 0 bridgehead atoms. The van der Waals surface area contributed by atoms with Crippen molar-refractivity contribution in [3.05, 3.63) is 29.3 Å². The predicted octanol–water partition coefficient (Wildman–Crippen LogP) is 2.24. The molecule has 0 aromatic heterocycles. The Balaban J connectivity index is 1.93. The van der Waals surface area contributed by atoms with Crippen LogP contribution in [0.2, 0.25) is 0 Å². The van der Waals surface area contributed by atoms with Crippen LogP contribution >= 0.6 is 0 Å². The SMILES string of the molecule is C/C(=N/O)c1ccc(C)cc1OCCC(=O)NC1CC1. The zero-order chi connectivity index (χ0) is 14.5. The van der Waals surface area contributed by atoms with Crippen molar-refractivity contribution in [1.29, 1.82) is 0 Å². The van der Waals surface area contributed by atoms with Crippen molar-refractivity contribution in [2.75, 3.05) is 6.61 Å². The largest absolute Gasteiger partial charge is 0.492 e. The van der Waals surface area contributed by atoms with Crippen LogP contribution in [-0.2, 0) is 4.79 Å². The molecule has 1 aliphatic rings. The number of benzene rings is 1. The fourth-order valence-electron chi connectivity index (χ4n) is 1.88. The van der Waals surface area contributed by atoms with Crippen molar-refractivity contribution in [3.63, 3.8) is 0 Å². The van der Waals surface area contributed by atoms with Crippen LogP contribution in [0.4, 0.5) is 0 Å². The Labute approximate surface area is 118 Å². The molecule has 20 heavy (non-hydrogen) atoms. The molecule has 0 heterocycles. The highest BCUT2D eigenvalue weighted by Crippen LogP contribution is 2.22. The minimum atomic E-state index is 0.0225. The number of hydrogen-bond donors (Lipinski definition) is 2. The van der Waals surface area contributed by atoms with E-state index in [1.54, 1.807) is 6.92 Å². The summed E-state index contributed by atoms with van der Waals surface area (Å²) < 4.78 is 5.66. The Morgan fingerprint density at radius 1 is 1.50 bits per heavy atom. The quantitative estimate of drug-likeness (QED) is 0.475. The summed E-state index contributed by atoms with van der Waals surface area (Å²) in [6.07, 6.45) is 2.50. The maximum Gasteiger partial charge on any atom is 0.223 e. The van der Waals surface area contributed by atoms with Crippen molar-refractivity contribution < 1.29 is 14.7 Å². The van der Waals surface area contributed by atoms with Crippen LogP contribution in [0.5, 0.6) is 5.75 Å². The van der Waals surface area contributed by atoms with Crippen LogP contribution < -0.4 is 10.1 Å². The lowest BCUT2D eigenvalue weighted by molar-refractivity contribution is -0.121. The first-order valence-electron chi connectivity index (χ1n) is 6.82. The second kappa shape index (κ2) is 6.41. The zero-order valence-electron chi connectivity index (χ0n) is 11.8. The third-order valence-electron chi connectivity index (χ3n) is 3.21. The van der Waals surface area contributed by atoms with E-state index in [0.29, 0.717) is 30.5 Å². The van der Waals surface area contributed by atoms with Gasteiger partial charge in [-0.05, 0) is 44.4 Å². The highest BCUT2D eigenvalue weighted by molar-refractivity contribution is 6.00. The smallest absolute Gasteiger partial charge is 0.223 e. The number of hydrogen-bond acceptors (Lipinski definition) is 4. The third-order valence-corrected chi connectivity index (χ3v) is 3.21. The molecule has 0 radical (unpaired) electrons. The topological polar surface area (TPSA) is 70.9 Å². The lowest BCUT2D eigenvalue weighted by Crippen LogP contribution is -2.26. The maximum absolute atomic E-state index is 11.6. The van der Waals surface area contributed by atoms with Gasteiger partial charge in [0.15, 0.2) is 0 Å². The Morgan fingerprint density at radius 3 is 2.90 bits per heavy atom.